The number of aryl methyl sites for hydroxylation is 1. The molecule has 1 saturated heterocycles. The first-order valence-corrected chi connectivity index (χ1v) is 17.1. The van der Waals surface area contributed by atoms with Crippen molar-refractivity contribution in [2.24, 2.45) is 16.1 Å². The topological polar surface area (TPSA) is 113 Å². The van der Waals surface area contributed by atoms with Gasteiger partial charge in [-0.2, -0.15) is 0 Å². The molecule has 1 spiro atoms. The van der Waals surface area contributed by atoms with Crippen molar-refractivity contribution < 1.29 is 14.1 Å². The van der Waals surface area contributed by atoms with Crippen LogP contribution in [0.5, 0.6) is 0 Å². The van der Waals surface area contributed by atoms with Crippen LogP contribution in [0.4, 0.5) is 11.4 Å². The molecule has 9 nitrogen and oxygen atoms in total. The summed E-state index contributed by atoms with van der Waals surface area (Å²) in [6, 6.07) is 2.04. The molecule has 46 heavy (non-hydrogen) atoms. The summed E-state index contributed by atoms with van der Waals surface area (Å²) in [6.45, 7) is 13.3. The number of aromatic nitrogens is 1. The fourth-order valence-electron chi connectivity index (χ4n) is 6.57. The number of aliphatic imine (C=N–C) groups is 1. The lowest BCUT2D eigenvalue weighted by molar-refractivity contribution is -0.876. The van der Waals surface area contributed by atoms with Crippen molar-refractivity contribution in [3.63, 3.8) is 0 Å². The number of likely N-dealkylation sites (tertiary alicyclic amines) is 1. The molecule has 3 heterocycles. The Morgan fingerprint density at radius 3 is 2.57 bits per heavy atom. The van der Waals surface area contributed by atoms with E-state index >= 15 is 0 Å². The molecule has 252 valence electrons. The van der Waals surface area contributed by atoms with Crippen LogP contribution in [0.1, 0.15) is 84.8 Å². The second-order valence-electron chi connectivity index (χ2n) is 13.5. The van der Waals surface area contributed by atoms with Crippen LogP contribution < -0.4 is 16.4 Å². The number of quaternary nitrogens is 1. The molecule has 0 radical (unpaired) electrons. The standard InChI is InChI=1S/C34H49N7O2.C3H8/c1-25(10-9-16-41(5)17-11-28(18-26(41)2)29(20-35)21-36-4)33(43)39-31-19-30(22-37-27(31)3)38-32(42)23-40-15-14-34(24-40)12-7-6-8-13-34;1-3-2/h10-11,17-22,26H,6-9,12-16,23-24H2,1-5H3,(H3-,35,36,38,39,42,43);3H2,1-2H3/p+1. The van der Waals surface area contributed by atoms with Gasteiger partial charge in [0.1, 0.15) is 6.04 Å². The Morgan fingerprint density at radius 2 is 1.91 bits per heavy atom. The molecule has 1 aromatic heterocycles. The molecule has 3 aliphatic rings. The number of likely N-dealkylation sites (N-methyl/N-ethyl adjacent to an activating group) is 1. The zero-order valence-electron chi connectivity index (χ0n) is 29.4. The van der Waals surface area contributed by atoms with E-state index in [-0.39, 0.29) is 17.9 Å². The number of nitrogens with two attached hydrogens (primary N) is 1. The van der Waals surface area contributed by atoms with Gasteiger partial charge in [-0.1, -0.05) is 45.6 Å². The van der Waals surface area contributed by atoms with Gasteiger partial charge in [0.25, 0.3) is 5.91 Å². The molecule has 4 rings (SSSR count). The minimum Gasteiger partial charge on any atom is -0.404 e. The highest BCUT2D eigenvalue weighted by Gasteiger charge is 2.39. The number of nitrogens with one attached hydrogen (secondary N) is 2. The molecule has 2 aliphatic heterocycles. The lowest BCUT2D eigenvalue weighted by Gasteiger charge is -2.37. The molecule has 1 saturated carbocycles. The van der Waals surface area contributed by atoms with E-state index < -0.39 is 0 Å². The van der Waals surface area contributed by atoms with Crippen molar-refractivity contribution in [1.82, 2.24) is 9.88 Å². The predicted molar refractivity (Wildman–Crippen MR) is 192 cm³/mol. The van der Waals surface area contributed by atoms with Crippen LogP contribution in [0, 0.1) is 12.3 Å². The molecule has 0 bridgehead atoms. The molecule has 1 aliphatic carbocycles. The van der Waals surface area contributed by atoms with E-state index in [4.69, 9.17) is 5.73 Å². The van der Waals surface area contributed by atoms with Gasteiger partial charge in [-0.05, 0) is 75.8 Å². The van der Waals surface area contributed by atoms with Crippen LogP contribution in [0.15, 0.2) is 64.6 Å². The third-order valence-electron chi connectivity index (χ3n) is 9.56. The summed E-state index contributed by atoms with van der Waals surface area (Å²) in [7, 11) is 3.92. The highest BCUT2D eigenvalue weighted by atomic mass is 16.2. The highest BCUT2D eigenvalue weighted by molar-refractivity contribution is 6.04. The number of allylic oxidation sites excluding steroid dienone is 3. The van der Waals surface area contributed by atoms with Crippen molar-refractivity contribution in [3.8, 4) is 0 Å². The summed E-state index contributed by atoms with van der Waals surface area (Å²) in [6.07, 6.45) is 23.2. The maximum Gasteiger partial charge on any atom is 0.251 e. The Labute approximate surface area is 277 Å². The summed E-state index contributed by atoms with van der Waals surface area (Å²) in [5.74, 6) is -0.216. The molecular formula is C37H58N7O2+. The van der Waals surface area contributed by atoms with Crippen LogP contribution in [0.3, 0.4) is 0 Å². The summed E-state index contributed by atoms with van der Waals surface area (Å²) in [4.78, 5) is 36.7. The largest absolute Gasteiger partial charge is 0.404 e. The van der Waals surface area contributed by atoms with Gasteiger partial charge >= 0.3 is 0 Å². The van der Waals surface area contributed by atoms with Crippen molar-refractivity contribution in [2.75, 3.05) is 50.9 Å². The lowest BCUT2D eigenvalue weighted by atomic mass is 9.73. The van der Waals surface area contributed by atoms with Gasteiger partial charge < -0.3 is 16.4 Å². The number of hydrogen-bond acceptors (Lipinski definition) is 6. The van der Waals surface area contributed by atoms with Gasteiger partial charge in [0.05, 0.1) is 49.6 Å². The number of hydrogen-bond donors (Lipinski definition) is 3. The Morgan fingerprint density at radius 1 is 1.20 bits per heavy atom. The van der Waals surface area contributed by atoms with Crippen LogP contribution in [0.2, 0.25) is 0 Å². The van der Waals surface area contributed by atoms with Gasteiger partial charge in [-0.3, -0.25) is 28.9 Å². The minimum atomic E-state index is -0.174. The SMILES string of the molecule is CCC.CN=C/C(=C\N)C1=CC(C)[N+](C)(CCC=C(C)C(=O)Nc2cc(NC(=O)CN3CCC4(CCCCC4)C3)cnc2C)C=C1. The number of nitrogens with zero attached hydrogens (tertiary/aromatic N) is 4. The quantitative estimate of drug-likeness (QED) is 0.155. The molecule has 2 unspecified atom stereocenters. The molecule has 0 aromatic carbocycles. The molecule has 1 aromatic rings. The first-order chi connectivity index (χ1) is 22.0. The number of rotatable bonds is 10. The number of amides is 2. The second-order valence-corrected chi connectivity index (χ2v) is 13.5. The molecule has 2 amide bonds. The van der Waals surface area contributed by atoms with Crippen LogP contribution >= 0.6 is 0 Å². The fourth-order valence-corrected chi connectivity index (χ4v) is 6.57. The van der Waals surface area contributed by atoms with Crippen molar-refractivity contribution in [3.05, 3.63) is 65.3 Å². The Hall–Kier alpha value is -3.56. The zero-order valence-corrected chi connectivity index (χ0v) is 29.4. The summed E-state index contributed by atoms with van der Waals surface area (Å²) >= 11 is 0. The Balaban J connectivity index is 0.00000185. The Bertz CT molecular complexity index is 1350. The molecule has 4 N–H and O–H groups in total. The highest BCUT2D eigenvalue weighted by Crippen LogP contribution is 2.43. The molecule has 2 atom stereocenters. The van der Waals surface area contributed by atoms with Crippen LogP contribution in [0.25, 0.3) is 0 Å². The minimum absolute atomic E-state index is 0.0415. The lowest BCUT2D eigenvalue weighted by Crippen LogP contribution is -2.47. The average Bonchev–Trinajstić information content (AvgIpc) is 3.40. The predicted octanol–water partition coefficient (Wildman–Crippen LogP) is 6.51. The number of pyridine rings is 1. The first kappa shape index (κ1) is 36.9. The van der Waals surface area contributed by atoms with E-state index in [1.807, 2.05) is 19.9 Å². The third kappa shape index (κ3) is 10.2. The van der Waals surface area contributed by atoms with E-state index in [0.717, 1.165) is 41.7 Å². The van der Waals surface area contributed by atoms with Crippen LogP contribution in [-0.4, -0.2) is 78.7 Å². The summed E-state index contributed by atoms with van der Waals surface area (Å²) < 4.78 is 0.721. The maximum absolute atomic E-state index is 13.1. The number of carbonyl (C=O) groups is 2. The van der Waals surface area contributed by atoms with Gasteiger partial charge in [0.2, 0.25) is 5.91 Å². The van der Waals surface area contributed by atoms with E-state index in [0.29, 0.717) is 34.6 Å². The van der Waals surface area contributed by atoms with E-state index in [2.05, 4.69) is 71.7 Å². The van der Waals surface area contributed by atoms with Crippen molar-refractivity contribution in [2.45, 2.75) is 92.0 Å². The second kappa shape index (κ2) is 17.4. The van der Waals surface area contributed by atoms with E-state index in [1.165, 1.54) is 44.9 Å². The van der Waals surface area contributed by atoms with Crippen molar-refractivity contribution in [1.29, 1.82) is 0 Å². The summed E-state index contributed by atoms with van der Waals surface area (Å²) in [5.41, 5.74) is 10.7. The molecule has 2 fully saturated rings. The van der Waals surface area contributed by atoms with Crippen molar-refractivity contribution >= 4 is 29.4 Å². The summed E-state index contributed by atoms with van der Waals surface area (Å²) in [5, 5.41) is 5.98. The first-order valence-electron chi connectivity index (χ1n) is 17.1. The Kier molecular flexibility index (Phi) is 13.9. The number of anilines is 2. The van der Waals surface area contributed by atoms with E-state index in [1.54, 1.807) is 31.7 Å². The van der Waals surface area contributed by atoms with Gasteiger partial charge in [0.15, 0.2) is 0 Å². The zero-order chi connectivity index (χ0) is 33.7. The van der Waals surface area contributed by atoms with Gasteiger partial charge in [0, 0.05) is 43.6 Å². The third-order valence-corrected chi connectivity index (χ3v) is 9.56. The van der Waals surface area contributed by atoms with Crippen LogP contribution in [-0.2, 0) is 9.59 Å². The van der Waals surface area contributed by atoms with E-state index in [9.17, 15) is 9.59 Å². The average molecular weight is 633 g/mol. The fraction of sp³-hybridized carbons (Fsp3) is 0.568. The number of carbonyl (C=O) groups excluding carboxylic acids is 2. The van der Waals surface area contributed by atoms with Gasteiger partial charge in [-0.25, -0.2) is 0 Å². The maximum atomic E-state index is 13.1. The van der Waals surface area contributed by atoms with Gasteiger partial charge in [-0.15, -0.1) is 0 Å². The normalized spacial score (nSPS) is 23.2. The molecule has 9 heteroatoms. The molecular weight excluding hydrogens is 574 g/mol. The monoisotopic (exact) mass is 632 g/mol. The smallest absolute Gasteiger partial charge is 0.251 e.